The molecule has 0 saturated heterocycles. The summed E-state index contributed by atoms with van der Waals surface area (Å²) < 4.78 is 16.1. The van der Waals surface area contributed by atoms with Gasteiger partial charge in [0.15, 0.2) is 6.61 Å². The maximum Gasteiger partial charge on any atom is 0.262 e. The van der Waals surface area contributed by atoms with E-state index in [1.165, 1.54) is 0 Å². The minimum Gasteiger partial charge on any atom is -0.497 e. The average molecular weight is 449 g/mol. The maximum atomic E-state index is 13.0. The molecule has 33 heavy (non-hydrogen) atoms. The highest BCUT2D eigenvalue weighted by Gasteiger charge is 2.21. The lowest BCUT2D eigenvalue weighted by Gasteiger charge is -2.26. The molecule has 3 aromatic rings. The number of carbonyl (C=O) groups excluding carboxylic acids is 2. The summed E-state index contributed by atoms with van der Waals surface area (Å²) in [6.45, 7) is 1.80. The van der Waals surface area contributed by atoms with Gasteiger partial charge >= 0.3 is 0 Å². The van der Waals surface area contributed by atoms with Crippen molar-refractivity contribution in [1.29, 1.82) is 0 Å². The molecule has 172 valence electrons. The second kappa shape index (κ2) is 11.0. The number of benzene rings is 3. The second-order valence-electron chi connectivity index (χ2n) is 7.43. The number of rotatable bonds is 9. The van der Waals surface area contributed by atoms with Gasteiger partial charge in [0.1, 0.15) is 17.2 Å². The molecule has 0 spiro atoms. The zero-order chi connectivity index (χ0) is 23.8. The summed E-state index contributed by atoms with van der Waals surface area (Å²) in [7, 11) is 4.94. The van der Waals surface area contributed by atoms with Crippen LogP contribution in [0.4, 0.5) is 5.69 Å². The Morgan fingerprint density at radius 3 is 2.33 bits per heavy atom. The summed E-state index contributed by atoms with van der Waals surface area (Å²) in [6, 6.07) is 21.2. The number of methoxy groups -OCH3 is 2. The van der Waals surface area contributed by atoms with E-state index < -0.39 is 0 Å². The van der Waals surface area contributed by atoms with Crippen molar-refractivity contribution in [1.82, 2.24) is 4.90 Å². The Bertz CT molecular complexity index is 1100. The SMILES string of the molecule is COc1cccc(NC(=O)COc2ccc(C(=O)N(C)C(C)c3ccccc3OC)cc2)c1. The quantitative estimate of drug-likeness (QED) is 0.520. The van der Waals surface area contributed by atoms with Crippen LogP contribution < -0.4 is 19.5 Å². The highest BCUT2D eigenvalue weighted by molar-refractivity contribution is 5.94. The Morgan fingerprint density at radius 2 is 1.64 bits per heavy atom. The number of amides is 2. The van der Waals surface area contributed by atoms with Crippen molar-refractivity contribution in [3.05, 3.63) is 83.9 Å². The molecule has 0 aromatic heterocycles. The Morgan fingerprint density at radius 1 is 0.909 bits per heavy atom. The Labute approximate surface area is 193 Å². The van der Waals surface area contributed by atoms with Crippen LogP contribution >= 0.6 is 0 Å². The number of carbonyl (C=O) groups is 2. The minimum absolute atomic E-state index is 0.129. The molecule has 0 aliphatic rings. The van der Waals surface area contributed by atoms with E-state index in [0.29, 0.717) is 22.7 Å². The van der Waals surface area contributed by atoms with Crippen LogP contribution in [0.2, 0.25) is 0 Å². The lowest BCUT2D eigenvalue weighted by molar-refractivity contribution is -0.118. The van der Waals surface area contributed by atoms with Crippen molar-refractivity contribution in [2.75, 3.05) is 33.2 Å². The molecular formula is C26H28N2O5. The highest BCUT2D eigenvalue weighted by atomic mass is 16.5. The molecule has 1 atom stereocenters. The van der Waals surface area contributed by atoms with Crippen molar-refractivity contribution in [3.8, 4) is 17.2 Å². The number of ether oxygens (including phenoxy) is 3. The molecule has 3 rings (SSSR count). The fourth-order valence-electron chi connectivity index (χ4n) is 3.34. The standard InChI is InChI=1S/C26H28N2O5/c1-18(23-10-5-6-11-24(23)32-4)28(2)26(30)19-12-14-21(15-13-19)33-17-25(29)27-20-8-7-9-22(16-20)31-3/h5-16,18H,17H2,1-4H3,(H,27,29). The molecule has 3 aromatic carbocycles. The van der Waals surface area contributed by atoms with Crippen molar-refractivity contribution in [3.63, 3.8) is 0 Å². The van der Waals surface area contributed by atoms with E-state index in [4.69, 9.17) is 14.2 Å². The van der Waals surface area contributed by atoms with Gasteiger partial charge in [0.2, 0.25) is 0 Å². The zero-order valence-corrected chi connectivity index (χ0v) is 19.2. The van der Waals surface area contributed by atoms with E-state index in [-0.39, 0.29) is 24.5 Å². The first-order chi connectivity index (χ1) is 15.9. The molecule has 1 unspecified atom stereocenters. The first-order valence-corrected chi connectivity index (χ1v) is 10.5. The van der Waals surface area contributed by atoms with E-state index in [1.54, 1.807) is 74.7 Å². The van der Waals surface area contributed by atoms with Crippen LogP contribution in [0.1, 0.15) is 28.9 Å². The summed E-state index contributed by atoms with van der Waals surface area (Å²) in [5, 5.41) is 2.75. The fourth-order valence-corrected chi connectivity index (χ4v) is 3.34. The van der Waals surface area contributed by atoms with Gasteiger partial charge < -0.3 is 24.4 Å². The third kappa shape index (κ3) is 6.04. The molecule has 7 heteroatoms. The van der Waals surface area contributed by atoms with Gasteiger partial charge in [-0.15, -0.1) is 0 Å². The molecule has 0 fully saturated rings. The van der Waals surface area contributed by atoms with Gasteiger partial charge in [0.05, 0.1) is 20.3 Å². The topological polar surface area (TPSA) is 77.1 Å². The van der Waals surface area contributed by atoms with E-state index >= 15 is 0 Å². The van der Waals surface area contributed by atoms with Crippen LogP contribution in [0, 0.1) is 0 Å². The number of para-hydroxylation sites is 1. The van der Waals surface area contributed by atoms with Crippen LogP contribution in [0.15, 0.2) is 72.8 Å². The Balaban J connectivity index is 1.57. The zero-order valence-electron chi connectivity index (χ0n) is 19.2. The smallest absolute Gasteiger partial charge is 0.262 e. The number of hydrogen-bond donors (Lipinski definition) is 1. The van der Waals surface area contributed by atoms with Crippen LogP contribution in [-0.4, -0.2) is 44.6 Å². The average Bonchev–Trinajstić information content (AvgIpc) is 2.86. The Hall–Kier alpha value is -4.00. The molecular weight excluding hydrogens is 420 g/mol. The number of anilines is 1. The number of nitrogens with one attached hydrogen (secondary N) is 1. The van der Waals surface area contributed by atoms with Crippen LogP contribution in [-0.2, 0) is 4.79 Å². The van der Waals surface area contributed by atoms with Crippen molar-refractivity contribution in [2.45, 2.75) is 13.0 Å². The van der Waals surface area contributed by atoms with E-state index in [0.717, 1.165) is 11.3 Å². The summed E-state index contributed by atoms with van der Waals surface area (Å²) in [6.07, 6.45) is 0. The van der Waals surface area contributed by atoms with E-state index in [9.17, 15) is 9.59 Å². The second-order valence-corrected chi connectivity index (χ2v) is 7.43. The molecule has 2 amide bonds. The van der Waals surface area contributed by atoms with Gasteiger partial charge in [-0.1, -0.05) is 24.3 Å². The third-order valence-electron chi connectivity index (χ3n) is 5.31. The predicted octanol–water partition coefficient (Wildman–Crippen LogP) is 4.55. The number of nitrogens with zero attached hydrogens (tertiary/aromatic N) is 1. The van der Waals surface area contributed by atoms with Crippen LogP contribution in [0.5, 0.6) is 17.2 Å². The largest absolute Gasteiger partial charge is 0.497 e. The maximum absolute atomic E-state index is 13.0. The summed E-state index contributed by atoms with van der Waals surface area (Å²) >= 11 is 0. The molecule has 0 aliphatic heterocycles. The van der Waals surface area contributed by atoms with Gasteiger partial charge in [-0.25, -0.2) is 0 Å². The monoisotopic (exact) mass is 448 g/mol. The Kier molecular flexibility index (Phi) is 7.91. The van der Waals surface area contributed by atoms with Gasteiger partial charge in [-0.2, -0.15) is 0 Å². The van der Waals surface area contributed by atoms with Crippen molar-refractivity contribution >= 4 is 17.5 Å². The lowest BCUT2D eigenvalue weighted by Crippen LogP contribution is -2.29. The normalized spacial score (nSPS) is 11.3. The minimum atomic E-state index is -0.297. The summed E-state index contributed by atoms with van der Waals surface area (Å²) in [5.74, 6) is 1.46. The number of hydrogen-bond acceptors (Lipinski definition) is 5. The van der Waals surface area contributed by atoms with Crippen molar-refractivity contribution in [2.24, 2.45) is 0 Å². The fraction of sp³-hybridized carbons (Fsp3) is 0.231. The highest BCUT2D eigenvalue weighted by Crippen LogP contribution is 2.29. The van der Waals surface area contributed by atoms with Crippen LogP contribution in [0.3, 0.4) is 0 Å². The van der Waals surface area contributed by atoms with Crippen molar-refractivity contribution < 1.29 is 23.8 Å². The van der Waals surface area contributed by atoms with E-state index in [1.807, 2.05) is 31.2 Å². The van der Waals surface area contributed by atoms with E-state index in [2.05, 4.69) is 5.32 Å². The molecule has 0 heterocycles. The van der Waals surface area contributed by atoms with Gasteiger partial charge in [-0.05, 0) is 49.4 Å². The first kappa shape index (κ1) is 23.7. The molecule has 7 nitrogen and oxygen atoms in total. The van der Waals surface area contributed by atoms with Gasteiger partial charge in [-0.3, -0.25) is 9.59 Å². The first-order valence-electron chi connectivity index (χ1n) is 10.5. The lowest BCUT2D eigenvalue weighted by atomic mass is 10.0. The summed E-state index contributed by atoms with van der Waals surface area (Å²) in [4.78, 5) is 26.8. The molecule has 0 bridgehead atoms. The van der Waals surface area contributed by atoms with Crippen LogP contribution in [0.25, 0.3) is 0 Å². The molecule has 0 radical (unpaired) electrons. The molecule has 0 aliphatic carbocycles. The molecule has 1 N–H and O–H groups in total. The predicted molar refractivity (Wildman–Crippen MR) is 127 cm³/mol. The van der Waals surface area contributed by atoms with Gasteiger partial charge in [0, 0.05) is 29.9 Å². The summed E-state index contributed by atoms with van der Waals surface area (Å²) in [5.41, 5.74) is 2.07. The van der Waals surface area contributed by atoms with Gasteiger partial charge in [0.25, 0.3) is 11.8 Å². The third-order valence-corrected chi connectivity index (χ3v) is 5.31. The molecule has 0 saturated carbocycles.